The number of nitrogens with two attached hydrogens (primary N) is 1. The maximum atomic E-state index is 13.3. The van der Waals surface area contributed by atoms with E-state index in [1.54, 1.807) is 35.2 Å². The van der Waals surface area contributed by atoms with Crippen molar-refractivity contribution in [3.63, 3.8) is 0 Å². The van der Waals surface area contributed by atoms with Gasteiger partial charge in [0.25, 0.3) is 11.8 Å². The number of thiophene rings is 1. The van der Waals surface area contributed by atoms with E-state index < -0.39 is 42.1 Å². The number of aliphatic hydroxyl groups excluding tert-OH is 1. The molecule has 240 valence electrons. The SMILES string of the molecule is C.C[C@@H](O)[C@H](N)C(=O)NCCCCC(=O)N(C[C@H]1CN(c2ccc(N3CCOCC3=O)cc2)C(=O)O1)C(=O)c1ccc(Cl)s1. The molecule has 0 unspecified atom stereocenters. The Bertz CT molecular complexity index is 1340. The number of hydrogen-bond donors (Lipinski definition) is 3. The maximum absolute atomic E-state index is 13.3. The number of cyclic esters (lactones) is 1. The second-order valence-electron chi connectivity index (χ2n) is 10.2. The minimum atomic E-state index is -1.05. The zero-order valence-corrected chi connectivity index (χ0v) is 25.1. The van der Waals surface area contributed by atoms with Gasteiger partial charge in [-0.2, -0.15) is 0 Å². The molecule has 2 aliphatic rings. The van der Waals surface area contributed by atoms with Gasteiger partial charge in [0.15, 0.2) is 0 Å². The second kappa shape index (κ2) is 16.0. The number of amides is 5. The first-order chi connectivity index (χ1) is 20.5. The van der Waals surface area contributed by atoms with E-state index in [0.29, 0.717) is 41.7 Å². The lowest BCUT2D eigenvalue weighted by Crippen LogP contribution is -2.47. The third-order valence-electron chi connectivity index (χ3n) is 6.99. The monoisotopic (exact) mass is 651 g/mol. The van der Waals surface area contributed by atoms with Crippen molar-refractivity contribution >= 4 is 64.0 Å². The summed E-state index contributed by atoms with van der Waals surface area (Å²) in [5, 5.41) is 12.0. The number of morpholine rings is 1. The average molecular weight is 652 g/mol. The minimum Gasteiger partial charge on any atom is -0.442 e. The predicted octanol–water partition coefficient (Wildman–Crippen LogP) is 2.39. The normalized spacial score (nSPS) is 17.9. The smallest absolute Gasteiger partial charge is 0.414 e. The number of halogens is 1. The number of aliphatic hydroxyl groups is 1. The number of rotatable bonds is 12. The van der Waals surface area contributed by atoms with Crippen LogP contribution < -0.4 is 20.9 Å². The molecule has 3 heterocycles. The van der Waals surface area contributed by atoms with Crippen LogP contribution in [0.1, 0.15) is 43.3 Å². The van der Waals surface area contributed by atoms with E-state index in [-0.39, 0.29) is 50.9 Å². The number of nitrogens with zero attached hydrogens (tertiary/aromatic N) is 3. The van der Waals surface area contributed by atoms with Gasteiger partial charge in [0.05, 0.1) is 35.0 Å². The van der Waals surface area contributed by atoms with Crippen LogP contribution in [0.5, 0.6) is 0 Å². The van der Waals surface area contributed by atoms with Crippen molar-refractivity contribution in [1.29, 1.82) is 0 Å². The van der Waals surface area contributed by atoms with Crippen LogP contribution in [0.25, 0.3) is 0 Å². The molecule has 3 atom stereocenters. The summed E-state index contributed by atoms with van der Waals surface area (Å²) in [6.07, 6.45) is -1.58. The van der Waals surface area contributed by atoms with E-state index in [1.165, 1.54) is 17.9 Å². The van der Waals surface area contributed by atoms with Crippen molar-refractivity contribution in [2.24, 2.45) is 5.73 Å². The van der Waals surface area contributed by atoms with Crippen LogP contribution in [0.3, 0.4) is 0 Å². The van der Waals surface area contributed by atoms with Crippen LogP contribution >= 0.6 is 22.9 Å². The Hall–Kier alpha value is -3.56. The second-order valence-corrected chi connectivity index (χ2v) is 11.9. The molecule has 4 N–H and O–H groups in total. The van der Waals surface area contributed by atoms with Gasteiger partial charge >= 0.3 is 6.09 Å². The Kier molecular flexibility index (Phi) is 12.7. The number of anilines is 2. The predicted molar refractivity (Wildman–Crippen MR) is 166 cm³/mol. The quantitative estimate of drug-likeness (QED) is 0.291. The molecule has 2 aliphatic heterocycles. The molecule has 44 heavy (non-hydrogen) atoms. The number of benzene rings is 1. The molecule has 1 aromatic heterocycles. The summed E-state index contributed by atoms with van der Waals surface area (Å²) < 4.78 is 11.1. The van der Waals surface area contributed by atoms with E-state index in [2.05, 4.69) is 5.32 Å². The molecule has 2 aromatic rings. The molecule has 2 saturated heterocycles. The number of carbonyl (C=O) groups is 5. The first kappa shape index (κ1) is 34.9. The Balaban J connectivity index is 0.00000529. The van der Waals surface area contributed by atoms with Crippen molar-refractivity contribution in [2.75, 3.05) is 49.2 Å². The number of ether oxygens (including phenoxy) is 2. The number of unbranched alkanes of at least 4 members (excludes halogenated alkanes) is 1. The molecule has 5 amide bonds. The molecule has 15 heteroatoms. The summed E-state index contributed by atoms with van der Waals surface area (Å²) in [5.74, 6) is -1.65. The molecule has 0 spiro atoms. The molecule has 0 bridgehead atoms. The maximum Gasteiger partial charge on any atom is 0.414 e. The van der Waals surface area contributed by atoms with Crippen molar-refractivity contribution in [1.82, 2.24) is 10.2 Å². The highest BCUT2D eigenvalue weighted by atomic mass is 35.5. The Morgan fingerprint density at radius 1 is 1.14 bits per heavy atom. The van der Waals surface area contributed by atoms with Gasteiger partial charge in [-0.05, 0) is 56.2 Å². The molecule has 13 nitrogen and oxygen atoms in total. The molecular weight excluding hydrogens is 614 g/mol. The van der Waals surface area contributed by atoms with E-state index in [4.69, 9.17) is 26.8 Å². The van der Waals surface area contributed by atoms with Gasteiger partial charge < -0.3 is 30.5 Å². The zero-order valence-electron chi connectivity index (χ0n) is 23.6. The molecule has 0 saturated carbocycles. The fraction of sp³-hybridized carbons (Fsp3) is 0.483. The van der Waals surface area contributed by atoms with Crippen LogP contribution in [0.15, 0.2) is 36.4 Å². The molecular formula is C29H38ClN5O8S. The van der Waals surface area contributed by atoms with Gasteiger partial charge in [0, 0.05) is 30.9 Å². The highest BCUT2D eigenvalue weighted by molar-refractivity contribution is 7.18. The fourth-order valence-corrected chi connectivity index (χ4v) is 5.57. The number of nitrogens with one attached hydrogen (secondary N) is 1. The van der Waals surface area contributed by atoms with Crippen molar-refractivity contribution in [2.45, 2.75) is 51.9 Å². The highest BCUT2D eigenvalue weighted by Crippen LogP contribution is 2.27. The number of imide groups is 1. The van der Waals surface area contributed by atoms with Gasteiger partial charge in [0.1, 0.15) is 18.8 Å². The van der Waals surface area contributed by atoms with Crippen molar-refractivity contribution in [3.05, 3.63) is 45.6 Å². The molecule has 4 rings (SSSR count). The summed E-state index contributed by atoms with van der Waals surface area (Å²) in [5.41, 5.74) is 6.83. The zero-order chi connectivity index (χ0) is 31.1. The van der Waals surface area contributed by atoms with E-state index >= 15 is 0 Å². The number of carbonyl (C=O) groups excluding carboxylic acids is 5. The van der Waals surface area contributed by atoms with E-state index in [9.17, 15) is 29.1 Å². The Morgan fingerprint density at radius 3 is 2.43 bits per heavy atom. The lowest BCUT2D eigenvalue weighted by Gasteiger charge is -2.27. The lowest BCUT2D eigenvalue weighted by atomic mass is 10.1. The van der Waals surface area contributed by atoms with Gasteiger partial charge in [-0.25, -0.2) is 4.79 Å². The molecule has 0 aliphatic carbocycles. The van der Waals surface area contributed by atoms with Gasteiger partial charge in [-0.15, -0.1) is 11.3 Å². The Morgan fingerprint density at radius 2 is 1.82 bits per heavy atom. The largest absolute Gasteiger partial charge is 0.442 e. The molecule has 0 radical (unpaired) electrons. The summed E-state index contributed by atoms with van der Waals surface area (Å²) in [6.45, 7) is 2.50. The summed E-state index contributed by atoms with van der Waals surface area (Å²) in [7, 11) is 0. The van der Waals surface area contributed by atoms with Gasteiger partial charge in [-0.1, -0.05) is 19.0 Å². The van der Waals surface area contributed by atoms with Crippen LogP contribution in [0.4, 0.5) is 16.2 Å². The average Bonchev–Trinajstić information content (AvgIpc) is 3.59. The van der Waals surface area contributed by atoms with Crippen molar-refractivity contribution in [3.8, 4) is 0 Å². The summed E-state index contributed by atoms with van der Waals surface area (Å²) in [4.78, 5) is 67.7. The van der Waals surface area contributed by atoms with Gasteiger partial charge in [-0.3, -0.25) is 29.0 Å². The van der Waals surface area contributed by atoms with E-state index in [1.807, 2.05) is 0 Å². The third-order valence-corrected chi connectivity index (χ3v) is 8.21. The number of hydrogen-bond acceptors (Lipinski definition) is 10. The van der Waals surface area contributed by atoms with Crippen LogP contribution in [0.2, 0.25) is 4.34 Å². The summed E-state index contributed by atoms with van der Waals surface area (Å²) in [6, 6.07) is 8.93. The fourth-order valence-electron chi connectivity index (χ4n) is 4.58. The standard InChI is InChI=1S/C28H34ClN5O8S.CH4/c1-17(35)25(30)26(38)31-11-3-2-4-23(36)34(27(39)21-9-10-22(29)43-21)15-20-14-33(28(40)42-20)19-7-5-18(6-8-19)32-12-13-41-16-24(32)37;/h5-10,17,20,25,35H,2-4,11-16,30H2,1H3,(H,31,38);1H4/t17-,20-,25+;/m1./s1. The van der Waals surface area contributed by atoms with Crippen LogP contribution in [0, 0.1) is 0 Å². The lowest BCUT2D eigenvalue weighted by molar-refractivity contribution is -0.129. The molecule has 1 aromatic carbocycles. The van der Waals surface area contributed by atoms with Crippen molar-refractivity contribution < 1.29 is 38.6 Å². The van der Waals surface area contributed by atoms with Gasteiger partial charge in [0.2, 0.25) is 11.8 Å². The first-order valence-electron chi connectivity index (χ1n) is 13.8. The van der Waals surface area contributed by atoms with Crippen LogP contribution in [-0.4, -0.2) is 97.4 Å². The highest BCUT2D eigenvalue weighted by Gasteiger charge is 2.36. The van der Waals surface area contributed by atoms with E-state index in [0.717, 1.165) is 16.2 Å². The topological polar surface area (TPSA) is 172 Å². The van der Waals surface area contributed by atoms with Crippen LogP contribution in [-0.2, 0) is 23.9 Å². The molecule has 2 fully saturated rings. The third kappa shape index (κ3) is 8.76. The summed E-state index contributed by atoms with van der Waals surface area (Å²) >= 11 is 7.06. The Labute approximate surface area is 264 Å². The minimum absolute atomic E-state index is 0. The first-order valence-corrected chi connectivity index (χ1v) is 15.0.